The quantitative estimate of drug-likeness (QED) is 0.365. The van der Waals surface area contributed by atoms with Gasteiger partial charge in [0.05, 0.1) is 5.75 Å². The summed E-state index contributed by atoms with van der Waals surface area (Å²) in [6.07, 6.45) is 7.16. The van der Waals surface area contributed by atoms with Crippen LogP contribution in [0.25, 0.3) is 11.4 Å². The maximum absolute atomic E-state index is 12.4. The molecule has 0 saturated heterocycles. The molecule has 0 unspecified atom stereocenters. The lowest BCUT2D eigenvalue weighted by atomic mass is 10.1. The predicted octanol–water partition coefficient (Wildman–Crippen LogP) is 3.39. The molecule has 0 radical (unpaired) electrons. The van der Waals surface area contributed by atoms with Crippen LogP contribution in [0.1, 0.15) is 17.3 Å². The number of amides is 1. The normalized spacial score (nSPS) is 10.7. The molecule has 0 aliphatic rings. The SMILES string of the molecule is CC(=O)c1ccc(NC(=O)CSc2nnc(-c3ccncc3)n2-n2cccc2)cc1. The molecule has 0 aliphatic heterocycles. The van der Waals surface area contributed by atoms with E-state index in [1.165, 1.54) is 18.7 Å². The highest BCUT2D eigenvalue weighted by Crippen LogP contribution is 2.24. The summed E-state index contributed by atoms with van der Waals surface area (Å²) in [5.41, 5.74) is 2.11. The number of rotatable bonds is 7. The van der Waals surface area contributed by atoms with Crippen LogP contribution < -0.4 is 5.32 Å². The van der Waals surface area contributed by atoms with Crippen LogP contribution >= 0.6 is 11.8 Å². The average Bonchev–Trinajstić information content (AvgIpc) is 3.43. The Morgan fingerprint density at radius 2 is 1.70 bits per heavy atom. The number of carbonyl (C=O) groups is 2. The molecule has 4 aromatic rings. The van der Waals surface area contributed by atoms with Crippen LogP contribution in [0.5, 0.6) is 0 Å². The summed E-state index contributed by atoms with van der Waals surface area (Å²) >= 11 is 1.28. The van der Waals surface area contributed by atoms with E-state index in [1.807, 2.05) is 46.0 Å². The number of nitrogens with one attached hydrogen (secondary N) is 1. The second-order valence-electron chi connectivity index (χ2n) is 6.39. The van der Waals surface area contributed by atoms with Gasteiger partial charge in [-0.25, -0.2) is 4.68 Å². The number of benzene rings is 1. The Bertz CT molecular complexity index is 1150. The highest BCUT2D eigenvalue weighted by atomic mass is 32.2. The molecule has 0 bridgehead atoms. The smallest absolute Gasteiger partial charge is 0.234 e. The Hall–Kier alpha value is -3.72. The summed E-state index contributed by atoms with van der Waals surface area (Å²) in [4.78, 5) is 27.8. The summed E-state index contributed by atoms with van der Waals surface area (Å²) in [6, 6.07) is 14.3. The average molecular weight is 418 g/mol. The van der Waals surface area contributed by atoms with Crippen molar-refractivity contribution in [3.63, 3.8) is 0 Å². The summed E-state index contributed by atoms with van der Waals surface area (Å²) in [6.45, 7) is 1.51. The lowest BCUT2D eigenvalue weighted by Gasteiger charge is -2.11. The highest BCUT2D eigenvalue weighted by Gasteiger charge is 2.17. The van der Waals surface area contributed by atoms with Gasteiger partial charge in [-0.05, 0) is 55.5 Å². The number of nitrogens with zero attached hydrogens (tertiary/aromatic N) is 5. The van der Waals surface area contributed by atoms with Crippen molar-refractivity contribution in [1.29, 1.82) is 0 Å². The summed E-state index contributed by atoms with van der Waals surface area (Å²) in [5.74, 6) is 0.613. The van der Waals surface area contributed by atoms with Gasteiger partial charge in [-0.15, -0.1) is 10.2 Å². The first-order valence-corrected chi connectivity index (χ1v) is 10.1. The van der Waals surface area contributed by atoms with E-state index < -0.39 is 0 Å². The van der Waals surface area contributed by atoms with Crippen LogP contribution in [-0.4, -0.2) is 42.0 Å². The molecule has 30 heavy (non-hydrogen) atoms. The van der Waals surface area contributed by atoms with Crippen LogP contribution in [0.15, 0.2) is 78.5 Å². The number of anilines is 1. The molecule has 4 rings (SSSR count). The molecule has 0 fully saturated rings. The van der Waals surface area contributed by atoms with Gasteiger partial charge in [-0.2, -0.15) is 0 Å². The number of aromatic nitrogens is 5. The zero-order valence-corrected chi connectivity index (χ0v) is 16.9. The first-order valence-electron chi connectivity index (χ1n) is 9.15. The minimum Gasteiger partial charge on any atom is -0.325 e. The summed E-state index contributed by atoms with van der Waals surface area (Å²) in [7, 11) is 0. The van der Waals surface area contributed by atoms with Gasteiger partial charge in [-0.3, -0.25) is 19.2 Å². The maximum Gasteiger partial charge on any atom is 0.234 e. The monoisotopic (exact) mass is 418 g/mol. The number of ketones is 1. The molecule has 3 heterocycles. The zero-order valence-electron chi connectivity index (χ0n) is 16.1. The zero-order chi connectivity index (χ0) is 20.9. The molecule has 0 spiro atoms. The Kier molecular flexibility index (Phi) is 5.71. The van der Waals surface area contributed by atoms with E-state index in [2.05, 4.69) is 20.5 Å². The van der Waals surface area contributed by atoms with Gasteiger partial charge in [0, 0.05) is 41.6 Å². The molecule has 0 saturated carbocycles. The Morgan fingerprint density at radius 1 is 1.00 bits per heavy atom. The molecule has 3 aromatic heterocycles. The van der Waals surface area contributed by atoms with Gasteiger partial charge in [-0.1, -0.05) is 11.8 Å². The second-order valence-corrected chi connectivity index (χ2v) is 7.33. The third kappa shape index (κ3) is 4.31. The van der Waals surface area contributed by atoms with Gasteiger partial charge in [0.25, 0.3) is 0 Å². The lowest BCUT2D eigenvalue weighted by molar-refractivity contribution is -0.113. The van der Waals surface area contributed by atoms with Crippen molar-refractivity contribution in [1.82, 2.24) is 24.5 Å². The second kappa shape index (κ2) is 8.75. The molecule has 150 valence electrons. The number of hydrogen-bond donors (Lipinski definition) is 1. The largest absolute Gasteiger partial charge is 0.325 e. The first kappa shape index (κ1) is 19.6. The Morgan fingerprint density at radius 3 is 2.37 bits per heavy atom. The molecular formula is C21H18N6O2S. The first-order chi connectivity index (χ1) is 14.6. The van der Waals surface area contributed by atoms with Gasteiger partial charge in [0.2, 0.25) is 11.1 Å². The predicted molar refractivity (Wildman–Crippen MR) is 114 cm³/mol. The van der Waals surface area contributed by atoms with E-state index in [0.717, 1.165) is 5.56 Å². The summed E-state index contributed by atoms with van der Waals surface area (Å²) < 4.78 is 3.70. The van der Waals surface area contributed by atoms with Gasteiger partial charge < -0.3 is 5.32 Å². The van der Waals surface area contributed by atoms with Crippen LogP contribution in [-0.2, 0) is 4.79 Å². The number of Topliss-reactive ketones (excluding diaryl/α,β-unsaturated/α-hetero) is 1. The highest BCUT2D eigenvalue weighted by molar-refractivity contribution is 7.99. The number of carbonyl (C=O) groups excluding carboxylic acids is 2. The molecule has 0 aliphatic carbocycles. The van der Waals surface area contributed by atoms with Gasteiger partial charge in [0.15, 0.2) is 11.6 Å². The lowest BCUT2D eigenvalue weighted by Crippen LogP contribution is -2.16. The Balaban J connectivity index is 1.50. The third-order valence-corrected chi connectivity index (χ3v) is 5.20. The van der Waals surface area contributed by atoms with Crippen molar-refractivity contribution in [2.24, 2.45) is 0 Å². The number of thioether (sulfide) groups is 1. The topological polar surface area (TPSA) is 94.7 Å². The molecule has 0 atom stereocenters. The van der Waals surface area contributed by atoms with Crippen molar-refractivity contribution in [2.45, 2.75) is 12.1 Å². The fourth-order valence-corrected chi connectivity index (χ4v) is 3.55. The maximum atomic E-state index is 12.4. The van der Waals surface area contributed by atoms with E-state index in [4.69, 9.17) is 0 Å². The molecule has 1 aromatic carbocycles. The number of pyridine rings is 1. The fourth-order valence-electron chi connectivity index (χ4n) is 2.82. The van der Waals surface area contributed by atoms with Crippen molar-refractivity contribution in [3.05, 3.63) is 78.9 Å². The van der Waals surface area contributed by atoms with Crippen molar-refractivity contribution >= 4 is 29.1 Å². The van der Waals surface area contributed by atoms with Crippen molar-refractivity contribution in [2.75, 3.05) is 11.1 Å². The molecule has 1 amide bonds. The van der Waals surface area contributed by atoms with E-state index >= 15 is 0 Å². The number of hydrogen-bond acceptors (Lipinski definition) is 6. The minimum absolute atomic E-state index is 0.0159. The minimum atomic E-state index is -0.178. The molecule has 1 N–H and O–H groups in total. The van der Waals surface area contributed by atoms with Gasteiger partial charge in [0.1, 0.15) is 0 Å². The molecule has 9 heteroatoms. The van der Waals surface area contributed by atoms with E-state index in [1.54, 1.807) is 36.7 Å². The fraction of sp³-hybridized carbons (Fsp3) is 0.0952. The van der Waals surface area contributed by atoms with Crippen LogP contribution in [0, 0.1) is 0 Å². The summed E-state index contributed by atoms with van der Waals surface area (Å²) in [5, 5.41) is 12.0. The van der Waals surface area contributed by atoms with Crippen LogP contribution in [0.4, 0.5) is 5.69 Å². The molecule has 8 nitrogen and oxygen atoms in total. The van der Waals surface area contributed by atoms with E-state index in [-0.39, 0.29) is 17.4 Å². The van der Waals surface area contributed by atoms with E-state index in [0.29, 0.717) is 22.2 Å². The van der Waals surface area contributed by atoms with Crippen LogP contribution in [0.3, 0.4) is 0 Å². The van der Waals surface area contributed by atoms with E-state index in [9.17, 15) is 9.59 Å². The van der Waals surface area contributed by atoms with Gasteiger partial charge >= 0.3 is 0 Å². The molecular weight excluding hydrogens is 400 g/mol. The standard InChI is InChI=1S/C21H18N6O2S/c1-15(28)16-4-6-18(7-5-16)23-19(29)14-30-21-25-24-20(17-8-10-22-11-9-17)27(21)26-12-2-3-13-26/h2-13H,14H2,1H3,(H,23,29). The van der Waals surface area contributed by atoms with Crippen LogP contribution in [0.2, 0.25) is 0 Å². The Labute approximate surface area is 176 Å². The van der Waals surface area contributed by atoms with Crippen molar-refractivity contribution in [3.8, 4) is 11.4 Å². The van der Waals surface area contributed by atoms with Crippen molar-refractivity contribution < 1.29 is 9.59 Å². The third-order valence-electron chi connectivity index (χ3n) is 4.28.